The summed E-state index contributed by atoms with van der Waals surface area (Å²) in [6.07, 6.45) is 7.21. The Hall–Kier alpha value is -2.89. The van der Waals surface area contributed by atoms with Gasteiger partial charge in [-0.1, -0.05) is 19.1 Å². The summed E-state index contributed by atoms with van der Waals surface area (Å²) < 4.78 is 5.13. The van der Waals surface area contributed by atoms with Crippen molar-refractivity contribution in [1.82, 2.24) is 15.2 Å². The number of hydrogen-bond donors (Lipinski definition) is 1. The van der Waals surface area contributed by atoms with Crippen LogP contribution < -0.4 is 10.1 Å². The first-order chi connectivity index (χ1) is 13.6. The first-order valence-corrected chi connectivity index (χ1v) is 9.79. The molecule has 1 atom stereocenters. The van der Waals surface area contributed by atoms with E-state index in [9.17, 15) is 9.59 Å². The normalized spacial score (nSPS) is 16.5. The Labute approximate surface area is 165 Å². The first-order valence-electron chi connectivity index (χ1n) is 9.79. The van der Waals surface area contributed by atoms with Gasteiger partial charge in [-0.25, -0.2) is 0 Å². The molecular weight excluding hydrogens is 354 g/mol. The number of methoxy groups -OCH3 is 1. The molecule has 3 rings (SSSR count). The van der Waals surface area contributed by atoms with E-state index < -0.39 is 0 Å². The number of hydrogen-bond acceptors (Lipinski definition) is 4. The fourth-order valence-corrected chi connectivity index (χ4v) is 3.57. The van der Waals surface area contributed by atoms with E-state index in [-0.39, 0.29) is 17.9 Å². The van der Waals surface area contributed by atoms with Crippen LogP contribution in [0.2, 0.25) is 0 Å². The van der Waals surface area contributed by atoms with Crippen LogP contribution in [0.1, 0.15) is 58.9 Å². The zero-order valence-electron chi connectivity index (χ0n) is 16.5. The van der Waals surface area contributed by atoms with E-state index in [4.69, 9.17) is 4.74 Å². The Morgan fingerprint density at radius 2 is 1.93 bits per heavy atom. The number of carbonyl (C=O) groups excluding carboxylic acids is 2. The topological polar surface area (TPSA) is 71.5 Å². The van der Waals surface area contributed by atoms with Crippen LogP contribution in [0.3, 0.4) is 0 Å². The number of ether oxygens (including phenoxy) is 1. The van der Waals surface area contributed by atoms with Gasteiger partial charge in [-0.3, -0.25) is 14.6 Å². The Morgan fingerprint density at radius 3 is 2.64 bits per heavy atom. The number of piperidine rings is 1. The zero-order chi connectivity index (χ0) is 19.9. The van der Waals surface area contributed by atoms with Crippen LogP contribution >= 0.6 is 0 Å². The van der Waals surface area contributed by atoms with E-state index in [1.165, 1.54) is 6.20 Å². The third-order valence-electron chi connectivity index (χ3n) is 5.22. The van der Waals surface area contributed by atoms with Crippen molar-refractivity contribution in [3.8, 4) is 5.75 Å². The average molecular weight is 381 g/mol. The Kier molecular flexibility index (Phi) is 6.63. The van der Waals surface area contributed by atoms with E-state index >= 15 is 0 Å². The van der Waals surface area contributed by atoms with Gasteiger partial charge in [0, 0.05) is 31.5 Å². The van der Waals surface area contributed by atoms with Crippen molar-refractivity contribution < 1.29 is 14.3 Å². The van der Waals surface area contributed by atoms with E-state index in [2.05, 4.69) is 17.2 Å². The van der Waals surface area contributed by atoms with Crippen LogP contribution in [0.15, 0.2) is 42.7 Å². The lowest BCUT2D eigenvalue weighted by Crippen LogP contribution is -2.43. The number of likely N-dealkylation sites (tertiary alicyclic amines) is 1. The molecule has 1 fully saturated rings. The molecule has 28 heavy (non-hydrogen) atoms. The van der Waals surface area contributed by atoms with Gasteiger partial charge in [-0.15, -0.1) is 0 Å². The minimum Gasteiger partial charge on any atom is -0.497 e. The highest BCUT2D eigenvalue weighted by Crippen LogP contribution is 2.22. The molecule has 0 saturated carbocycles. The fourth-order valence-electron chi connectivity index (χ4n) is 3.57. The van der Waals surface area contributed by atoms with Gasteiger partial charge in [-0.2, -0.15) is 0 Å². The summed E-state index contributed by atoms with van der Waals surface area (Å²) in [5.41, 5.74) is 1.83. The van der Waals surface area contributed by atoms with Crippen LogP contribution in [0.25, 0.3) is 0 Å². The molecule has 1 N–H and O–H groups in total. The van der Waals surface area contributed by atoms with Gasteiger partial charge in [0.05, 0.1) is 18.2 Å². The van der Waals surface area contributed by atoms with Gasteiger partial charge in [0.1, 0.15) is 5.75 Å². The van der Waals surface area contributed by atoms with Crippen LogP contribution in [0.5, 0.6) is 5.75 Å². The molecule has 6 heteroatoms. The number of aromatic nitrogens is 1. The van der Waals surface area contributed by atoms with Gasteiger partial charge in [-0.05, 0) is 49.4 Å². The van der Waals surface area contributed by atoms with Crippen LogP contribution in [-0.4, -0.2) is 41.4 Å². The summed E-state index contributed by atoms with van der Waals surface area (Å²) in [6, 6.07) is 9.42. The molecule has 2 aromatic rings. The van der Waals surface area contributed by atoms with Crippen molar-refractivity contribution in [3.63, 3.8) is 0 Å². The highest BCUT2D eigenvalue weighted by molar-refractivity contribution is 5.99. The summed E-state index contributed by atoms with van der Waals surface area (Å²) in [6.45, 7) is 3.27. The summed E-state index contributed by atoms with van der Waals surface area (Å²) in [4.78, 5) is 31.5. The van der Waals surface area contributed by atoms with Crippen molar-refractivity contribution in [1.29, 1.82) is 0 Å². The standard InChI is InChI=1S/C22H27N3O3/c1-3-19-6-4-5-11-25(19)22(27)18-12-17(14-23-15-18)21(26)24-13-16-7-9-20(28-2)10-8-16/h7-10,12,14-15,19H,3-6,11,13H2,1-2H3,(H,24,26). The lowest BCUT2D eigenvalue weighted by Gasteiger charge is -2.35. The van der Waals surface area contributed by atoms with Gasteiger partial charge >= 0.3 is 0 Å². The van der Waals surface area contributed by atoms with Crippen LogP contribution in [-0.2, 0) is 6.54 Å². The van der Waals surface area contributed by atoms with E-state index in [0.29, 0.717) is 17.7 Å². The van der Waals surface area contributed by atoms with Gasteiger partial charge in [0.2, 0.25) is 0 Å². The van der Waals surface area contributed by atoms with Crippen molar-refractivity contribution in [2.75, 3.05) is 13.7 Å². The third kappa shape index (κ3) is 4.68. The maximum absolute atomic E-state index is 12.9. The molecule has 1 aromatic carbocycles. The van der Waals surface area contributed by atoms with E-state index in [1.54, 1.807) is 19.4 Å². The minimum absolute atomic E-state index is 0.0381. The largest absolute Gasteiger partial charge is 0.497 e. The second-order valence-electron chi connectivity index (χ2n) is 7.05. The molecule has 1 aliphatic rings. The lowest BCUT2D eigenvalue weighted by molar-refractivity contribution is 0.0607. The minimum atomic E-state index is -0.247. The number of amides is 2. The number of benzene rings is 1. The zero-order valence-corrected chi connectivity index (χ0v) is 16.5. The number of carbonyl (C=O) groups is 2. The Bertz CT molecular complexity index is 820. The van der Waals surface area contributed by atoms with Crippen LogP contribution in [0.4, 0.5) is 0 Å². The van der Waals surface area contributed by atoms with Crippen molar-refractivity contribution >= 4 is 11.8 Å². The lowest BCUT2D eigenvalue weighted by atomic mass is 9.99. The maximum Gasteiger partial charge on any atom is 0.255 e. The second-order valence-corrected chi connectivity index (χ2v) is 7.05. The predicted molar refractivity (Wildman–Crippen MR) is 107 cm³/mol. The molecule has 6 nitrogen and oxygen atoms in total. The summed E-state index contributed by atoms with van der Waals surface area (Å²) in [5, 5.41) is 2.87. The van der Waals surface area contributed by atoms with Crippen molar-refractivity contribution in [3.05, 3.63) is 59.4 Å². The van der Waals surface area contributed by atoms with Gasteiger partial charge in [0.15, 0.2) is 0 Å². The first kappa shape index (κ1) is 19.9. The van der Waals surface area contributed by atoms with Crippen molar-refractivity contribution in [2.45, 2.75) is 45.2 Å². The third-order valence-corrected chi connectivity index (χ3v) is 5.22. The molecule has 2 heterocycles. The molecular formula is C22H27N3O3. The fraction of sp³-hybridized carbons (Fsp3) is 0.409. The second kappa shape index (κ2) is 9.35. The summed E-state index contributed by atoms with van der Waals surface area (Å²) in [7, 11) is 1.62. The average Bonchev–Trinajstić information content (AvgIpc) is 2.77. The maximum atomic E-state index is 12.9. The van der Waals surface area contributed by atoms with E-state index in [1.807, 2.05) is 29.2 Å². The molecule has 0 spiro atoms. The highest BCUT2D eigenvalue weighted by Gasteiger charge is 2.26. The van der Waals surface area contributed by atoms with Crippen LogP contribution in [0, 0.1) is 0 Å². The molecule has 0 radical (unpaired) electrons. The van der Waals surface area contributed by atoms with E-state index in [0.717, 1.165) is 43.5 Å². The van der Waals surface area contributed by atoms with Crippen molar-refractivity contribution in [2.24, 2.45) is 0 Å². The molecule has 0 aliphatic carbocycles. The number of pyridine rings is 1. The summed E-state index contributed by atoms with van der Waals surface area (Å²) >= 11 is 0. The number of nitrogens with one attached hydrogen (secondary N) is 1. The molecule has 1 saturated heterocycles. The Morgan fingerprint density at radius 1 is 1.18 bits per heavy atom. The SMILES string of the molecule is CCC1CCCCN1C(=O)c1cncc(C(=O)NCc2ccc(OC)cc2)c1. The summed E-state index contributed by atoms with van der Waals surface area (Å²) in [5.74, 6) is 0.487. The smallest absolute Gasteiger partial charge is 0.255 e. The van der Waals surface area contributed by atoms with Gasteiger partial charge < -0.3 is 15.0 Å². The molecule has 0 bridgehead atoms. The molecule has 1 aromatic heterocycles. The molecule has 2 amide bonds. The molecule has 148 valence electrons. The predicted octanol–water partition coefficient (Wildman–Crippen LogP) is 3.42. The quantitative estimate of drug-likeness (QED) is 0.832. The number of nitrogens with zero attached hydrogens (tertiary/aromatic N) is 2. The molecule has 1 unspecified atom stereocenters. The monoisotopic (exact) mass is 381 g/mol. The van der Waals surface area contributed by atoms with Gasteiger partial charge in [0.25, 0.3) is 11.8 Å². The highest BCUT2D eigenvalue weighted by atomic mass is 16.5. The molecule has 1 aliphatic heterocycles. The Balaban J connectivity index is 1.66. The number of rotatable bonds is 6.